The predicted molar refractivity (Wildman–Crippen MR) is 71.4 cm³/mol. The third-order valence-electron chi connectivity index (χ3n) is 3.71. The normalized spacial score (nSPS) is 20.2. The van der Waals surface area contributed by atoms with Gasteiger partial charge in [-0.2, -0.15) is 0 Å². The molecule has 0 radical (unpaired) electrons. The predicted octanol–water partition coefficient (Wildman–Crippen LogP) is 2.82. The fraction of sp³-hybridized carbons (Fsp3) is 0.857. The largest absolute Gasteiger partial charge is 0.373 e. The van der Waals surface area contributed by atoms with Gasteiger partial charge in [0.2, 0.25) is 0 Å². The lowest BCUT2D eigenvalue weighted by Crippen LogP contribution is -2.47. The molecule has 2 nitrogen and oxygen atoms in total. The first-order valence-corrected chi connectivity index (χ1v) is 6.70. The Kier molecular flexibility index (Phi) is 5.33. The van der Waals surface area contributed by atoms with Gasteiger partial charge in [0, 0.05) is 38.4 Å². The SMILES string of the molecule is C=C(C(C)C)N1CCN(CC(C)CC)CC1. The van der Waals surface area contributed by atoms with Crippen molar-refractivity contribution in [1.82, 2.24) is 9.80 Å². The van der Waals surface area contributed by atoms with Crippen molar-refractivity contribution >= 4 is 0 Å². The molecule has 1 unspecified atom stereocenters. The number of hydrogen-bond acceptors (Lipinski definition) is 2. The maximum Gasteiger partial charge on any atom is 0.0303 e. The topological polar surface area (TPSA) is 6.48 Å². The van der Waals surface area contributed by atoms with Crippen molar-refractivity contribution in [3.8, 4) is 0 Å². The molecule has 1 saturated heterocycles. The smallest absolute Gasteiger partial charge is 0.0303 e. The molecule has 0 aromatic heterocycles. The van der Waals surface area contributed by atoms with Crippen LogP contribution in [0, 0.1) is 11.8 Å². The van der Waals surface area contributed by atoms with Crippen molar-refractivity contribution in [3.05, 3.63) is 12.3 Å². The minimum atomic E-state index is 0.584. The maximum absolute atomic E-state index is 4.19. The maximum atomic E-state index is 4.19. The molecule has 0 spiro atoms. The van der Waals surface area contributed by atoms with E-state index in [1.807, 2.05) is 0 Å². The van der Waals surface area contributed by atoms with Gasteiger partial charge < -0.3 is 4.90 Å². The van der Waals surface area contributed by atoms with Gasteiger partial charge in [0.1, 0.15) is 0 Å². The second-order valence-electron chi connectivity index (χ2n) is 5.45. The van der Waals surface area contributed by atoms with E-state index in [0.29, 0.717) is 5.92 Å². The molecular formula is C14H28N2. The van der Waals surface area contributed by atoms with E-state index in [4.69, 9.17) is 0 Å². The lowest BCUT2D eigenvalue weighted by atomic mass is 10.1. The van der Waals surface area contributed by atoms with Crippen LogP contribution in [0.5, 0.6) is 0 Å². The summed E-state index contributed by atoms with van der Waals surface area (Å²) < 4.78 is 0. The van der Waals surface area contributed by atoms with Gasteiger partial charge in [0.05, 0.1) is 0 Å². The van der Waals surface area contributed by atoms with E-state index >= 15 is 0 Å². The van der Waals surface area contributed by atoms with E-state index in [1.165, 1.54) is 31.8 Å². The molecular weight excluding hydrogens is 196 g/mol. The molecule has 0 amide bonds. The number of allylic oxidation sites excluding steroid dienone is 1. The molecule has 1 fully saturated rings. The van der Waals surface area contributed by atoms with Crippen molar-refractivity contribution in [3.63, 3.8) is 0 Å². The molecule has 2 heteroatoms. The van der Waals surface area contributed by atoms with Gasteiger partial charge in [-0.3, -0.25) is 4.90 Å². The summed E-state index contributed by atoms with van der Waals surface area (Å²) >= 11 is 0. The average molecular weight is 224 g/mol. The van der Waals surface area contributed by atoms with Crippen LogP contribution < -0.4 is 0 Å². The fourth-order valence-electron chi connectivity index (χ4n) is 2.15. The van der Waals surface area contributed by atoms with E-state index in [-0.39, 0.29) is 0 Å². The van der Waals surface area contributed by atoms with E-state index in [2.05, 4.69) is 44.1 Å². The van der Waals surface area contributed by atoms with Crippen molar-refractivity contribution < 1.29 is 0 Å². The Balaban J connectivity index is 2.31. The van der Waals surface area contributed by atoms with Gasteiger partial charge in [-0.15, -0.1) is 0 Å². The summed E-state index contributed by atoms with van der Waals surface area (Å²) in [7, 11) is 0. The third-order valence-corrected chi connectivity index (χ3v) is 3.71. The highest BCUT2D eigenvalue weighted by molar-refractivity contribution is 4.98. The van der Waals surface area contributed by atoms with E-state index in [9.17, 15) is 0 Å². The highest BCUT2D eigenvalue weighted by atomic mass is 15.3. The summed E-state index contributed by atoms with van der Waals surface area (Å²) in [6.07, 6.45) is 1.29. The second kappa shape index (κ2) is 6.29. The Morgan fingerprint density at radius 3 is 2.12 bits per heavy atom. The van der Waals surface area contributed by atoms with Crippen molar-refractivity contribution in [2.24, 2.45) is 11.8 Å². The molecule has 0 aliphatic carbocycles. The third kappa shape index (κ3) is 3.82. The monoisotopic (exact) mass is 224 g/mol. The summed E-state index contributed by atoms with van der Waals surface area (Å²) in [5.41, 5.74) is 1.31. The van der Waals surface area contributed by atoms with Crippen LogP contribution in [0.25, 0.3) is 0 Å². The zero-order chi connectivity index (χ0) is 12.1. The number of nitrogens with zero attached hydrogens (tertiary/aromatic N) is 2. The van der Waals surface area contributed by atoms with Gasteiger partial charge in [-0.1, -0.05) is 40.7 Å². The highest BCUT2D eigenvalue weighted by Gasteiger charge is 2.19. The number of rotatable bonds is 5. The van der Waals surface area contributed by atoms with Gasteiger partial charge in [-0.25, -0.2) is 0 Å². The van der Waals surface area contributed by atoms with Crippen LogP contribution in [-0.4, -0.2) is 42.5 Å². The Morgan fingerprint density at radius 2 is 1.69 bits per heavy atom. The Hall–Kier alpha value is -0.500. The zero-order valence-electron chi connectivity index (χ0n) is 11.5. The molecule has 1 atom stereocenters. The second-order valence-corrected chi connectivity index (χ2v) is 5.45. The van der Waals surface area contributed by atoms with Gasteiger partial charge in [-0.05, 0) is 11.8 Å². The number of piperazine rings is 1. The summed E-state index contributed by atoms with van der Waals surface area (Å²) in [6.45, 7) is 19.3. The molecule has 0 saturated carbocycles. The van der Waals surface area contributed by atoms with E-state index < -0.39 is 0 Å². The fourth-order valence-corrected chi connectivity index (χ4v) is 2.15. The molecule has 94 valence electrons. The quantitative estimate of drug-likeness (QED) is 0.708. The van der Waals surface area contributed by atoms with Crippen molar-refractivity contribution in [2.45, 2.75) is 34.1 Å². The molecule has 16 heavy (non-hydrogen) atoms. The van der Waals surface area contributed by atoms with Crippen molar-refractivity contribution in [1.29, 1.82) is 0 Å². The van der Waals surface area contributed by atoms with Gasteiger partial charge >= 0.3 is 0 Å². The minimum absolute atomic E-state index is 0.584. The van der Waals surface area contributed by atoms with Crippen LogP contribution in [0.3, 0.4) is 0 Å². The molecule has 0 bridgehead atoms. The minimum Gasteiger partial charge on any atom is -0.373 e. The van der Waals surface area contributed by atoms with Crippen LogP contribution in [0.4, 0.5) is 0 Å². The zero-order valence-corrected chi connectivity index (χ0v) is 11.5. The molecule has 0 aromatic rings. The van der Waals surface area contributed by atoms with Gasteiger partial charge in [0.25, 0.3) is 0 Å². The van der Waals surface area contributed by atoms with E-state index in [1.54, 1.807) is 0 Å². The molecule has 1 aliphatic rings. The Morgan fingerprint density at radius 1 is 1.12 bits per heavy atom. The summed E-state index contributed by atoms with van der Waals surface area (Å²) in [5.74, 6) is 1.42. The van der Waals surface area contributed by atoms with Gasteiger partial charge in [0.15, 0.2) is 0 Å². The summed E-state index contributed by atoms with van der Waals surface area (Å²) in [5, 5.41) is 0. The first kappa shape index (κ1) is 13.6. The highest BCUT2D eigenvalue weighted by Crippen LogP contribution is 2.16. The van der Waals surface area contributed by atoms with Crippen LogP contribution in [-0.2, 0) is 0 Å². The summed E-state index contributed by atoms with van der Waals surface area (Å²) in [6, 6.07) is 0. The standard InChI is InChI=1S/C14H28N2/c1-6-13(4)11-15-7-9-16(10-8-15)14(5)12(2)3/h12-13H,5-11H2,1-4H3. The van der Waals surface area contributed by atoms with E-state index in [0.717, 1.165) is 19.0 Å². The number of hydrogen-bond donors (Lipinski definition) is 0. The first-order chi connectivity index (χ1) is 7.54. The van der Waals surface area contributed by atoms with Crippen LogP contribution >= 0.6 is 0 Å². The van der Waals surface area contributed by atoms with Crippen LogP contribution in [0.1, 0.15) is 34.1 Å². The molecule has 1 rings (SSSR count). The molecule has 0 aromatic carbocycles. The Labute approximate surface area is 101 Å². The molecule has 1 aliphatic heterocycles. The lowest BCUT2D eigenvalue weighted by Gasteiger charge is -2.39. The van der Waals surface area contributed by atoms with Crippen LogP contribution in [0.15, 0.2) is 12.3 Å². The lowest BCUT2D eigenvalue weighted by molar-refractivity contribution is 0.136. The van der Waals surface area contributed by atoms with Crippen LogP contribution in [0.2, 0.25) is 0 Å². The first-order valence-electron chi connectivity index (χ1n) is 6.70. The Bertz CT molecular complexity index is 215. The summed E-state index contributed by atoms with van der Waals surface area (Å²) in [4.78, 5) is 5.05. The molecule has 0 N–H and O–H groups in total. The van der Waals surface area contributed by atoms with Crippen molar-refractivity contribution in [2.75, 3.05) is 32.7 Å². The molecule has 1 heterocycles. The average Bonchev–Trinajstić information content (AvgIpc) is 2.28.